The van der Waals surface area contributed by atoms with Crippen molar-refractivity contribution in [2.75, 3.05) is 19.6 Å². The summed E-state index contributed by atoms with van der Waals surface area (Å²) in [5, 5.41) is 0. The van der Waals surface area contributed by atoms with E-state index in [4.69, 9.17) is 0 Å². The van der Waals surface area contributed by atoms with Crippen LogP contribution in [0.5, 0.6) is 0 Å². The Hall–Kier alpha value is -1.61. The van der Waals surface area contributed by atoms with E-state index in [2.05, 4.69) is 56.5 Å². The Bertz CT molecular complexity index is 492. The summed E-state index contributed by atoms with van der Waals surface area (Å²) in [5.74, 6) is 0.621. The highest BCUT2D eigenvalue weighted by atomic mass is 16.2. The fraction of sp³-hybridized carbons (Fsp3) is 0.500. The maximum Gasteiger partial charge on any atom is 0.246 e. The van der Waals surface area contributed by atoms with E-state index < -0.39 is 0 Å². The molecule has 1 heterocycles. The standard InChI is InChI=1S/C18H26N2O/c1-5-18(21)20-11-10-19(12-15(20)4)13-16-6-8-17(9-7-16)14(2)3/h5-9,14-15H,1,10-13H2,2-4H3/t15-/m1/s1. The molecule has 1 aromatic rings. The van der Waals surface area contributed by atoms with Gasteiger partial charge in [-0.05, 0) is 30.0 Å². The zero-order valence-electron chi connectivity index (χ0n) is 13.4. The zero-order valence-corrected chi connectivity index (χ0v) is 13.4. The van der Waals surface area contributed by atoms with Gasteiger partial charge in [-0.2, -0.15) is 0 Å². The Labute approximate surface area is 128 Å². The van der Waals surface area contributed by atoms with E-state index >= 15 is 0 Å². The van der Waals surface area contributed by atoms with Crippen LogP contribution in [-0.4, -0.2) is 41.4 Å². The molecule has 3 heteroatoms. The highest BCUT2D eigenvalue weighted by Gasteiger charge is 2.25. The van der Waals surface area contributed by atoms with Gasteiger partial charge < -0.3 is 4.90 Å². The van der Waals surface area contributed by atoms with E-state index in [1.807, 2.05) is 4.90 Å². The third-order valence-electron chi connectivity index (χ3n) is 4.22. The van der Waals surface area contributed by atoms with Crippen LogP contribution in [0.25, 0.3) is 0 Å². The second-order valence-electron chi connectivity index (χ2n) is 6.22. The summed E-state index contributed by atoms with van der Waals surface area (Å²) in [6.45, 7) is 13.7. The third-order valence-corrected chi connectivity index (χ3v) is 4.22. The van der Waals surface area contributed by atoms with E-state index in [0.29, 0.717) is 5.92 Å². The molecule has 0 aromatic heterocycles. The van der Waals surface area contributed by atoms with E-state index in [1.54, 1.807) is 0 Å². The Balaban J connectivity index is 1.93. The molecule has 1 fully saturated rings. The Morgan fingerprint density at radius 2 is 2.00 bits per heavy atom. The highest BCUT2D eigenvalue weighted by Crippen LogP contribution is 2.17. The van der Waals surface area contributed by atoms with E-state index in [0.717, 1.165) is 26.2 Å². The topological polar surface area (TPSA) is 23.6 Å². The number of rotatable bonds is 4. The Morgan fingerprint density at radius 3 is 2.52 bits per heavy atom. The molecule has 0 aliphatic carbocycles. The van der Waals surface area contributed by atoms with Crippen LogP contribution < -0.4 is 0 Å². The normalized spacial score (nSPS) is 19.8. The van der Waals surface area contributed by atoms with Crippen LogP contribution in [0.3, 0.4) is 0 Å². The molecule has 0 saturated carbocycles. The summed E-state index contributed by atoms with van der Waals surface area (Å²) in [5.41, 5.74) is 2.73. The zero-order chi connectivity index (χ0) is 15.4. The quantitative estimate of drug-likeness (QED) is 0.794. The van der Waals surface area contributed by atoms with Crippen molar-refractivity contribution in [1.82, 2.24) is 9.80 Å². The van der Waals surface area contributed by atoms with Crippen LogP contribution in [0.15, 0.2) is 36.9 Å². The van der Waals surface area contributed by atoms with E-state index in [9.17, 15) is 4.79 Å². The lowest BCUT2D eigenvalue weighted by molar-refractivity contribution is -0.130. The number of carbonyl (C=O) groups is 1. The van der Waals surface area contributed by atoms with Crippen LogP contribution in [0.4, 0.5) is 0 Å². The molecule has 0 unspecified atom stereocenters. The van der Waals surface area contributed by atoms with Crippen molar-refractivity contribution in [2.45, 2.75) is 39.3 Å². The largest absolute Gasteiger partial charge is 0.334 e. The fourth-order valence-electron chi connectivity index (χ4n) is 2.89. The van der Waals surface area contributed by atoms with Crippen molar-refractivity contribution in [3.63, 3.8) is 0 Å². The second kappa shape index (κ2) is 6.90. The summed E-state index contributed by atoms with van der Waals surface area (Å²) in [6.07, 6.45) is 1.41. The molecule has 0 N–H and O–H groups in total. The van der Waals surface area contributed by atoms with Crippen molar-refractivity contribution in [2.24, 2.45) is 0 Å². The van der Waals surface area contributed by atoms with E-state index in [-0.39, 0.29) is 11.9 Å². The van der Waals surface area contributed by atoms with Gasteiger partial charge in [0.2, 0.25) is 5.91 Å². The van der Waals surface area contributed by atoms with Crippen LogP contribution in [0, 0.1) is 0 Å². The summed E-state index contributed by atoms with van der Waals surface area (Å²) in [7, 11) is 0. The molecule has 21 heavy (non-hydrogen) atoms. The molecule has 1 amide bonds. The van der Waals surface area contributed by atoms with Crippen LogP contribution in [0.1, 0.15) is 37.8 Å². The van der Waals surface area contributed by atoms with Gasteiger partial charge in [0.05, 0.1) is 0 Å². The van der Waals surface area contributed by atoms with Gasteiger partial charge in [0, 0.05) is 32.2 Å². The molecule has 1 aliphatic rings. The van der Waals surface area contributed by atoms with Crippen molar-refractivity contribution in [3.05, 3.63) is 48.0 Å². The molecule has 3 nitrogen and oxygen atoms in total. The van der Waals surface area contributed by atoms with Gasteiger partial charge in [-0.25, -0.2) is 0 Å². The molecule has 0 spiro atoms. The molecule has 0 radical (unpaired) electrons. The summed E-state index contributed by atoms with van der Waals surface area (Å²) in [4.78, 5) is 16.1. The minimum atomic E-state index is 0.0448. The second-order valence-corrected chi connectivity index (χ2v) is 6.22. The maximum atomic E-state index is 11.7. The van der Waals surface area contributed by atoms with Gasteiger partial charge in [0.15, 0.2) is 0 Å². The number of hydrogen-bond acceptors (Lipinski definition) is 2. The Morgan fingerprint density at radius 1 is 1.33 bits per heavy atom. The van der Waals surface area contributed by atoms with E-state index in [1.165, 1.54) is 17.2 Å². The number of amides is 1. The molecular weight excluding hydrogens is 260 g/mol. The predicted octanol–water partition coefficient (Wildman–Crippen LogP) is 3.03. The van der Waals surface area contributed by atoms with Crippen molar-refractivity contribution < 1.29 is 4.79 Å². The molecule has 0 bridgehead atoms. The van der Waals surface area contributed by atoms with Crippen molar-refractivity contribution in [3.8, 4) is 0 Å². The lowest BCUT2D eigenvalue weighted by atomic mass is 10.0. The molecular formula is C18H26N2O. The third kappa shape index (κ3) is 3.94. The molecule has 2 rings (SSSR count). The van der Waals surface area contributed by atoms with Gasteiger partial charge in [-0.3, -0.25) is 9.69 Å². The lowest BCUT2D eigenvalue weighted by Gasteiger charge is -2.39. The van der Waals surface area contributed by atoms with Crippen LogP contribution in [0.2, 0.25) is 0 Å². The average Bonchev–Trinajstić information content (AvgIpc) is 2.47. The Kier molecular flexibility index (Phi) is 5.18. The summed E-state index contributed by atoms with van der Waals surface area (Å²) < 4.78 is 0. The SMILES string of the molecule is C=CC(=O)N1CCN(Cc2ccc(C(C)C)cc2)C[C@H]1C. The number of nitrogens with zero attached hydrogens (tertiary/aromatic N) is 2. The number of benzene rings is 1. The fourth-order valence-corrected chi connectivity index (χ4v) is 2.89. The van der Waals surface area contributed by atoms with Gasteiger partial charge >= 0.3 is 0 Å². The van der Waals surface area contributed by atoms with Crippen molar-refractivity contribution in [1.29, 1.82) is 0 Å². The molecule has 1 aliphatic heterocycles. The summed E-state index contributed by atoms with van der Waals surface area (Å²) in [6, 6.07) is 9.14. The average molecular weight is 286 g/mol. The van der Waals surface area contributed by atoms with Gasteiger partial charge in [0.1, 0.15) is 0 Å². The van der Waals surface area contributed by atoms with Crippen LogP contribution in [-0.2, 0) is 11.3 Å². The molecule has 1 aromatic carbocycles. The smallest absolute Gasteiger partial charge is 0.246 e. The highest BCUT2D eigenvalue weighted by molar-refractivity contribution is 5.87. The first-order chi connectivity index (χ1) is 10.0. The predicted molar refractivity (Wildman–Crippen MR) is 87.2 cm³/mol. The molecule has 1 atom stereocenters. The molecule has 114 valence electrons. The van der Waals surface area contributed by atoms with Crippen molar-refractivity contribution >= 4 is 5.91 Å². The number of carbonyl (C=O) groups excluding carboxylic acids is 1. The lowest BCUT2D eigenvalue weighted by Crippen LogP contribution is -2.53. The first-order valence-electron chi connectivity index (χ1n) is 7.75. The minimum absolute atomic E-state index is 0.0448. The molecule has 1 saturated heterocycles. The monoisotopic (exact) mass is 286 g/mol. The minimum Gasteiger partial charge on any atom is -0.334 e. The number of piperazine rings is 1. The maximum absolute atomic E-state index is 11.7. The van der Waals surface area contributed by atoms with Crippen LogP contribution >= 0.6 is 0 Å². The van der Waals surface area contributed by atoms with Gasteiger partial charge in [0.25, 0.3) is 0 Å². The summed E-state index contributed by atoms with van der Waals surface area (Å²) >= 11 is 0. The van der Waals surface area contributed by atoms with Gasteiger partial charge in [-0.1, -0.05) is 44.7 Å². The first kappa shape index (κ1) is 15.8. The first-order valence-corrected chi connectivity index (χ1v) is 7.75. The number of hydrogen-bond donors (Lipinski definition) is 0. The van der Waals surface area contributed by atoms with Gasteiger partial charge in [-0.15, -0.1) is 0 Å².